The van der Waals surface area contributed by atoms with E-state index in [4.69, 9.17) is 9.94 Å². The quantitative estimate of drug-likeness (QED) is 0.392. The van der Waals surface area contributed by atoms with Crippen LogP contribution in [-0.2, 0) is 10.9 Å². The Morgan fingerprint density at radius 3 is 2.30 bits per heavy atom. The molecule has 0 unspecified atom stereocenters. The molecule has 7 heteroatoms. The second-order valence-electron chi connectivity index (χ2n) is 5.09. The number of carbonyl (C=O) groups excluding carboxylic acids is 1. The van der Waals surface area contributed by atoms with Gasteiger partial charge in [-0.05, 0) is 44.5 Å². The van der Waals surface area contributed by atoms with Crippen LogP contribution in [0.4, 0.5) is 13.2 Å². The van der Waals surface area contributed by atoms with Crippen molar-refractivity contribution in [1.82, 2.24) is 0 Å². The Morgan fingerprint density at radius 1 is 1.25 bits per heavy atom. The number of halogens is 3. The van der Waals surface area contributed by atoms with E-state index < -0.39 is 23.3 Å². The van der Waals surface area contributed by atoms with Crippen molar-refractivity contribution in [3.05, 3.63) is 34.9 Å². The lowest BCUT2D eigenvalue weighted by Gasteiger charge is -2.20. The Balaban J connectivity index is 3.25. The number of ether oxygens (including phenoxy) is 1. The van der Waals surface area contributed by atoms with Crippen molar-refractivity contribution in [1.29, 1.82) is 0 Å². The first-order valence-corrected chi connectivity index (χ1v) is 5.66. The van der Waals surface area contributed by atoms with Crippen LogP contribution in [0.1, 0.15) is 42.3 Å². The molecule has 0 bridgehead atoms. The molecule has 0 aromatic heterocycles. The van der Waals surface area contributed by atoms with Gasteiger partial charge in [0.05, 0.1) is 17.3 Å². The van der Waals surface area contributed by atoms with E-state index in [2.05, 4.69) is 5.16 Å². The van der Waals surface area contributed by atoms with E-state index in [1.54, 1.807) is 20.8 Å². The van der Waals surface area contributed by atoms with Crippen LogP contribution >= 0.6 is 0 Å². The minimum atomic E-state index is -4.62. The summed E-state index contributed by atoms with van der Waals surface area (Å²) < 4.78 is 43.2. The summed E-state index contributed by atoms with van der Waals surface area (Å²) in [6.07, 6.45) is -3.81. The van der Waals surface area contributed by atoms with E-state index >= 15 is 0 Å². The predicted molar refractivity (Wildman–Crippen MR) is 66.0 cm³/mol. The van der Waals surface area contributed by atoms with Gasteiger partial charge in [0.1, 0.15) is 5.60 Å². The Morgan fingerprint density at radius 2 is 1.85 bits per heavy atom. The molecule has 0 saturated heterocycles. The third-order valence-electron chi connectivity index (χ3n) is 2.12. The van der Waals surface area contributed by atoms with Crippen LogP contribution in [0.5, 0.6) is 0 Å². The number of benzene rings is 1. The highest BCUT2D eigenvalue weighted by molar-refractivity contribution is 5.92. The van der Waals surface area contributed by atoms with Crippen molar-refractivity contribution in [2.75, 3.05) is 0 Å². The largest absolute Gasteiger partial charge is 0.456 e. The standard InChI is InChI=1S/C13H14F3NO3/c1-12(2,3)20-11(18)9-4-8(7-17-19)5-10(6-9)13(14,15)16/h4-7,19H,1-3H3/b17-7+. The Labute approximate surface area is 113 Å². The molecule has 1 aromatic rings. The van der Waals surface area contributed by atoms with Crippen LogP contribution in [0.25, 0.3) is 0 Å². The predicted octanol–water partition coefficient (Wildman–Crippen LogP) is 3.47. The number of hydrogen-bond donors (Lipinski definition) is 1. The molecule has 0 amide bonds. The zero-order chi connectivity index (χ0) is 15.6. The van der Waals surface area contributed by atoms with Gasteiger partial charge in [-0.15, -0.1) is 0 Å². The van der Waals surface area contributed by atoms with Gasteiger partial charge < -0.3 is 9.94 Å². The molecule has 0 aliphatic heterocycles. The van der Waals surface area contributed by atoms with E-state index in [0.29, 0.717) is 6.07 Å². The molecule has 0 spiro atoms. The van der Waals surface area contributed by atoms with Gasteiger partial charge in [-0.1, -0.05) is 5.16 Å². The average Bonchev–Trinajstić information content (AvgIpc) is 2.25. The number of hydrogen-bond acceptors (Lipinski definition) is 4. The normalized spacial score (nSPS) is 12.7. The molecule has 1 rings (SSSR count). The summed E-state index contributed by atoms with van der Waals surface area (Å²) in [7, 11) is 0. The molecule has 1 N–H and O–H groups in total. The van der Waals surface area contributed by atoms with E-state index in [-0.39, 0.29) is 11.1 Å². The summed E-state index contributed by atoms with van der Waals surface area (Å²) in [6, 6.07) is 2.62. The van der Waals surface area contributed by atoms with Crippen molar-refractivity contribution in [3.8, 4) is 0 Å². The molecule has 20 heavy (non-hydrogen) atoms. The summed E-state index contributed by atoms with van der Waals surface area (Å²) in [4.78, 5) is 11.8. The summed E-state index contributed by atoms with van der Waals surface area (Å²) in [5.41, 5.74) is -2.15. The van der Waals surface area contributed by atoms with Gasteiger partial charge >= 0.3 is 12.1 Å². The highest BCUT2D eigenvalue weighted by Gasteiger charge is 2.32. The lowest BCUT2D eigenvalue weighted by Crippen LogP contribution is -2.24. The Bertz CT molecular complexity index is 531. The monoisotopic (exact) mass is 289 g/mol. The topological polar surface area (TPSA) is 58.9 Å². The average molecular weight is 289 g/mol. The fourth-order valence-electron chi connectivity index (χ4n) is 1.41. The summed E-state index contributed by atoms with van der Waals surface area (Å²) in [6.45, 7) is 4.82. The SMILES string of the molecule is CC(C)(C)OC(=O)c1cc(/C=N/O)cc(C(F)(F)F)c1. The number of rotatable bonds is 2. The third-order valence-corrected chi connectivity index (χ3v) is 2.12. The molecule has 0 atom stereocenters. The summed E-state index contributed by atoms with van der Waals surface area (Å²) in [5, 5.41) is 11.1. The van der Waals surface area contributed by atoms with E-state index in [1.165, 1.54) is 0 Å². The molecule has 0 aliphatic rings. The van der Waals surface area contributed by atoms with E-state index in [9.17, 15) is 18.0 Å². The van der Waals surface area contributed by atoms with Crippen molar-refractivity contribution in [2.45, 2.75) is 32.5 Å². The van der Waals surface area contributed by atoms with E-state index in [0.717, 1.165) is 18.3 Å². The molecule has 4 nitrogen and oxygen atoms in total. The van der Waals surface area contributed by atoms with Gasteiger partial charge in [-0.25, -0.2) is 4.79 Å². The van der Waals surface area contributed by atoms with Gasteiger partial charge in [-0.3, -0.25) is 0 Å². The minimum Gasteiger partial charge on any atom is -0.456 e. The van der Waals surface area contributed by atoms with Gasteiger partial charge in [0.2, 0.25) is 0 Å². The molecule has 0 fully saturated rings. The zero-order valence-corrected chi connectivity index (χ0v) is 11.2. The molecule has 0 heterocycles. The number of alkyl halides is 3. The smallest absolute Gasteiger partial charge is 0.416 e. The maximum Gasteiger partial charge on any atom is 0.416 e. The second-order valence-corrected chi connectivity index (χ2v) is 5.09. The van der Waals surface area contributed by atoms with Crippen LogP contribution in [-0.4, -0.2) is 23.0 Å². The first-order chi connectivity index (χ1) is 9.03. The minimum absolute atomic E-state index is 0.0526. The molecule has 110 valence electrons. The van der Waals surface area contributed by atoms with Crippen LogP contribution < -0.4 is 0 Å². The highest BCUT2D eigenvalue weighted by atomic mass is 19.4. The molecule has 0 radical (unpaired) electrons. The number of carbonyl (C=O) groups is 1. The third kappa shape index (κ3) is 4.56. The molecule has 0 saturated carbocycles. The lowest BCUT2D eigenvalue weighted by molar-refractivity contribution is -0.137. The fourth-order valence-corrected chi connectivity index (χ4v) is 1.41. The van der Waals surface area contributed by atoms with Crippen molar-refractivity contribution in [3.63, 3.8) is 0 Å². The molecular formula is C13H14F3NO3. The summed E-state index contributed by atoms with van der Waals surface area (Å²) in [5.74, 6) is -0.879. The Hall–Kier alpha value is -2.05. The van der Waals surface area contributed by atoms with Crippen LogP contribution in [0, 0.1) is 0 Å². The fraction of sp³-hybridized carbons (Fsp3) is 0.385. The van der Waals surface area contributed by atoms with Crippen molar-refractivity contribution < 1.29 is 27.9 Å². The van der Waals surface area contributed by atoms with Gasteiger partial charge in [0.25, 0.3) is 0 Å². The number of oxime groups is 1. The Kier molecular flexibility index (Phi) is 4.42. The first-order valence-electron chi connectivity index (χ1n) is 5.66. The van der Waals surface area contributed by atoms with Gasteiger partial charge in [0.15, 0.2) is 0 Å². The van der Waals surface area contributed by atoms with Gasteiger partial charge in [0, 0.05) is 0 Å². The van der Waals surface area contributed by atoms with Gasteiger partial charge in [-0.2, -0.15) is 13.2 Å². The van der Waals surface area contributed by atoms with E-state index in [1.807, 2.05) is 0 Å². The molecule has 0 aliphatic carbocycles. The molecule has 1 aromatic carbocycles. The van der Waals surface area contributed by atoms with Crippen molar-refractivity contribution >= 4 is 12.2 Å². The highest BCUT2D eigenvalue weighted by Crippen LogP contribution is 2.31. The zero-order valence-electron chi connectivity index (χ0n) is 11.2. The lowest BCUT2D eigenvalue weighted by atomic mass is 10.1. The number of esters is 1. The maximum absolute atomic E-state index is 12.7. The van der Waals surface area contributed by atoms with Crippen LogP contribution in [0.15, 0.2) is 23.4 Å². The molecular weight excluding hydrogens is 275 g/mol. The maximum atomic E-state index is 12.7. The summed E-state index contributed by atoms with van der Waals surface area (Å²) >= 11 is 0. The second kappa shape index (κ2) is 5.52. The first kappa shape index (κ1) is 16.0. The van der Waals surface area contributed by atoms with Crippen LogP contribution in [0.2, 0.25) is 0 Å². The van der Waals surface area contributed by atoms with Crippen LogP contribution in [0.3, 0.4) is 0 Å². The number of nitrogens with zero attached hydrogens (tertiary/aromatic N) is 1. The van der Waals surface area contributed by atoms with Crippen molar-refractivity contribution in [2.24, 2.45) is 5.16 Å².